The molecule has 1 amide bonds. The van der Waals surface area contributed by atoms with Gasteiger partial charge in [0.1, 0.15) is 21.8 Å². The van der Waals surface area contributed by atoms with Crippen LogP contribution < -0.4 is 19.5 Å². The molecule has 1 heterocycles. The summed E-state index contributed by atoms with van der Waals surface area (Å²) in [7, 11) is -0.652. The first-order valence-corrected chi connectivity index (χ1v) is 10.7. The summed E-state index contributed by atoms with van der Waals surface area (Å²) in [5, 5.41) is 4.45. The van der Waals surface area contributed by atoms with Gasteiger partial charge in [-0.2, -0.15) is 4.72 Å². The fourth-order valence-corrected chi connectivity index (χ4v) is 4.78. The summed E-state index contributed by atoms with van der Waals surface area (Å²) in [5.74, 6) is 0.598. The fourth-order valence-electron chi connectivity index (χ4n) is 2.42. The minimum absolute atomic E-state index is 0.178. The maximum absolute atomic E-state index is 12.6. The van der Waals surface area contributed by atoms with Gasteiger partial charge in [-0.25, -0.2) is 8.42 Å². The Labute approximate surface area is 163 Å². The SMILES string of the molecule is COc1ccc(CNC(=O)[C@@H](NS(=O)(=O)c2cccs2)C(C)C)c(OC)c1. The molecule has 9 heteroatoms. The molecule has 148 valence electrons. The van der Waals surface area contributed by atoms with Crippen molar-refractivity contribution in [1.29, 1.82) is 0 Å². The minimum Gasteiger partial charge on any atom is -0.497 e. The number of hydrogen-bond acceptors (Lipinski definition) is 6. The van der Waals surface area contributed by atoms with Gasteiger partial charge in [0.05, 0.1) is 14.2 Å². The van der Waals surface area contributed by atoms with Crippen molar-refractivity contribution in [2.45, 2.75) is 30.6 Å². The van der Waals surface area contributed by atoms with Gasteiger partial charge < -0.3 is 14.8 Å². The van der Waals surface area contributed by atoms with Crippen LogP contribution in [0.3, 0.4) is 0 Å². The smallest absolute Gasteiger partial charge is 0.250 e. The largest absolute Gasteiger partial charge is 0.497 e. The van der Waals surface area contributed by atoms with Gasteiger partial charge in [0.25, 0.3) is 10.0 Å². The van der Waals surface area contributed by atoms with Crippen LogP contribution >= 0.6 is 11.3 Å². The molecular formula is C18H24N2O5S2. The summed E-state index contributed by atoms with van der Waals surface area (Å²) < 4.78 is 38.0. The molecule has 2 aromatic rings. The lowest BCUT2D eigenvalue weighted by Crippen LogP contribution is -2.49. The van der Waals surface area contributed by atoms with Crippen LogP contribution in [0.15, 0.2) is 39.9 Å². The molecule has 0 unspecified atom stereocenters. The Kier molecular flexibility index (Phi) is 7.23. The summed E-state index contributed by atoms with van der Waals surface area (Å²) in [6.07, 6.45) is 0. The molecule has 0 aliphatic heterocycles. The van der Waals surface area contributed by atoms with Gasteiger partial charge in [-0.1, -0.05) is 19.9 Å². The van der Waals surface area contributed by atoms with Crippen molar-refractivity contribution in [3.63, 3.8) is 0 Å². The summed E-state index contributed by atoms with van der Waals surface area (Å²) in [6.45, 7) is 3.78. The third-order valence-electron chi connectivity index (χ3n) is 3.94. The number of amides is 1. The zero-order valence-corrected chi connectivity index (χ0v) is 17.3. The van der Waals surface area contributed by atoms with Crippen LogP contribution in [0.5, 0.6) is 11.5 Å². The Balaban J connectivity index is 2.10. The highest BCUT2D eigenvalue weighted by atomic mass is 32.2. The van der Waals surface area contributed by atoms with Crippen molar-refractivity contribution in [2.75, 3.05) is 14.2 Å². The molecule has 0 spiro atoms. The van der Waals surface area contributed by atoms with Gasteiger partial charge in [0.15, 0.2) is 0 Å². The molecule has 0 aliphatic rings. The predicted octanol–water partition coefficient (Wildman–Crippen LogP) is 2.38. The Morgan fingerprint density at radius 2 is 1.93 bits per heavy atom. The van der Waals surface area contributed by atoms with Gasteiger partial charge in [0.2, 0.25) is 5.91 Å². The highest BCUT2D eigenvalue weighted by molar-refractivity contribution is 7.91. The molecule has 0 aliphatic carbocycles. The van der Waals surface area contributed by atoms with Gasteiger partial charge in [0, 0.05) is 18.2 Å². The Bertz CT molecular complexity index is 864. The maximum Gasteiger partial charge on any atom is 0.250 e. The Hall–Kier alpha value is -2.10. The average molecular weight is 413 g/mol. The molecule has 27 heavy (non-hydrogen) atoms. The van der Waals surface area contributed by atoms with E-state index in [9.17, 15) is 13.2 Å². The van der Waals surface area contributed by atoms with Crippen LogP contribution in [0.4, 0.5) is 0 Å². The molecule has 1 aromatic carbocycles. The van der Waals surface area contributed by atoms with E-state index in [-0.39, 0.29) is 16.7 Å². The van der Waals surface area contributed by atoms with Crippen molar-refractivity contribution in [1.82, 2.24) is 10.0 Å². The average Bonchev–Trinajstić information content (AvgIpc) is 3.19. The minimum atomic E-state index is -3.74. The van der Waals surface area contributed by atoms with Crippen LogP contribution in [-0.2, 0) is 21.4 Å². The molecule has 1 aromatic heterocycles. The van der Waals surface area contributed by atoms with E-state index in [2.05, 4.69) is 10.0 Å². The monoisotopic (exact) mass is 412 g/mol. The molecule has 2 N–H and O–H groups in total. The predicted molar refractivity (Wildman–Crippen MR) is 105 cm³/mol. The fraction of sp³-hybridized carbons (Fsp3) is 0.389. The number of carbonyl (C=O) groups is 1. The third kappa shape index (κ3) is 5.44. The molecule has 7 nitrogen and oxygen atoms in total. The number of methoxy groups -OCH3 is 2. The normalized spacial score (nSPS) is 12.6. The molecule has 2 rings (SSSR count). The summed E-state index contributed by atoms with van der Waals surface area (Å²) in [6, 6.07) is 7.55. The zero-order chi connectivity index (χ0) is 20.0. The van der Waals surface area contributed by atoms with Gasteiger partial charge in [-0.15, -0.1) is 11.3 Å². The van der Waals surface area contributed by atoms with E-state index < -0.39 is 22.0 Å². The molecule has 0 fully saturated rings. The molecule has 0 saturated heterocycles. The van der Waals surface area contributed by atoms with Crippen molar-refractivity contribution < 1.29 is 22.7 Å². The number of nitrogens with one attached hydrogen (secondary N) is 2. The Morgan fingerprint density at radius 1 is 1.19 bits per heavy atom. The molecular weight excluding hydrogens is 388 g/mol. The van der Waals surface area contributed by atoms with E-state index in [1.807, 2.05) is 0 Å². The first-order chi connectivity index (χ1) is 12.8. The number of thiophene rings is 1. The van der Waals surface area contributed by atoms with E-state index in [0.717, 1.165) is 16.9 Å². The number of sulfonamides is 1. The Morgan fingerprint density at radius 3 is 2.48 bits per heavy atom. The summed E-state index contributed by atoms with van der Waals surface area (Å²) in [5.41, 5.74) is 0.760. The maximum atomic E-state index is 12.6. The first-order valence-electron chi connectivity index (χ1n) is 8.33. The lowest BCUT2D eigenvalue weighted by molar-refractivity contribution is -0.123. The van der Waals surface area contributed by atoms with Crippen LogP contribution in [0.25, 0.3) is 0 Å². The van der Waals surface area contributed by atoms with Gasteiger partial charge in [-0.05, 0) is 29.5 Å². The molecule has 0 radical (unpaired) electrons. The van der Waals surface area contributed by atoms with E-state index in [0.29, 0.717) is 11.5 Å². The van der Waals surface area contributed by atoms with Crippen molar-refractivity contribution in [3.8, 4) is 11.5 Å². The standard InChI is InChI=1S/C18H24N2O5S2/c1-12(2)17(20-27(22,23)16-6-5-9-26-16)18(21)19-11-13-7-8-14(24-3)10-15(13)25-4/h5-10,12,17,20H,11H2,1-4H3,(H,19,21)/t17-/m0/s1. The second-order valence-electron chi connectivity index (χ2n) is 6.17. The third-order valence-corrected chi connectivity index (χ3v) is 6.78. The zero-order valence-electron chi connectivity index (χ0n) is 15.7. The number of carbonyl (C=O) groups excluding carboxylic acids is 1. The van der Waals surface area contributed by atoms with Crippen LogP contribution in [0, 0.1) is 5.92 Å². The van der Waals surface area contributed by atoms with Crippen molar-refractivity contribution in [2.24, 2.45) is 5.92 Å². The van der Waals surface area contributed by atoms with Crippen molar-refractivity contribution in [3.05, 3.63) is 41.3 Å². The van der Waals surface area contributed by atoms with E-state index in [1.54, 1.807) is 50.6 Å². The lowest BCUT2D eigenvalue weighted by atomic mass is 10.0. The molecule has 1 atom stereocenters. The van der Waals surface area contributed by atoms with Crippen LogP contribution in [0.2, 0.25) is 0 Å². The quantitative estimate of drug-likeness (QED) is 0.660. The molecule has 0 saturated carbocycles. The van der Waals surface area contributed by atoms with E-state index in [1.165, 1.54) is 13.2 Å². The number of rotatable bonds is 9. The second kappa shape index (κ2) is 9.20. The summed E-state index contributed by atoms with van der Waals surface area (Å²) in [4.78, 5) is 12.6. The second-order valence-corrected chi connectivity index (χ2v) is 9.06. The topological polar surface area (TPSA) is 93.7 Å². The van der Waals surface area contributed by atoms with Gasteiger partial charge in [-0.3, -0.25) is 4.79 Å². The van der Waals surface area contributed by atoms with Crippen LogP contribution in [-0.4, -0.2) is 34.6 Å². The van der Waals surface area contributed by atoms with Crippen LogP contribution in [0.1, 0.15) is 19.4 Å². The summed E-state index contributed by atoms with van der Waals surface area (Å²) >= 11 is 1.10. The highest BCUT2D eigenvalue weighted by Crippen LogP contribution is 2.24. The van der Waals surface area contributed by atoms with Gasteiger partial charge >= 0.3 is 0 Å². The number of hydrogen-bond donors (Lipinski definition) is 2. The number of ether oxygens (including phenoxy) is 2. The lowest BCUT2D eigenvalue weighted by Gasteiger charge is -2.21. The van der Waals surface area contributed by atoms with E-state index >= 15 is 0 Å². The van der Waals surface area contributed by atoms with E-state index in [4.69, 9.17) is 9.47 Å². The first kappa shape index (κ1) is 21.2. The number of benzene rings is 1. The highest BCUT2D eigenvalue weighted by Gasteiger charge is 2.28. The molecule has 0 bridgehead atoms. The van der Waals surface area contributed by atoms with Crippen molar-refractivity contribution >= 4 is 27.3 Å².